The van der Waals surface area contributed by atoms with E-state index < -0.39 is 0 Å². The van der Waals surface area contributed by atoms with Gasteiger partial charge in [0, 0.05) is 17.1 Å². The van der Waals surface area contributed by atoms with Crippen LogP contribution in [0, 0.1) is 19.7 Å². The number of nitrogens with one attached hydrogen (secondary N) is 2. The third kappa shape index (κ3) is 5.99. The van der Waals surface area contributed by atoms with Gasteiger partial charge in [0.2, 0.25) is 5.91 Å². The molecule has 9 heteroatoms. The van der Waals surface area contributed by atoms with Gasteiger partial charge in [0.15, 0.2) is 11.0 Å². The van der Waals surface area contributed by atoms with Crippen LogP contribution in [0.3, 0.4) is 0 Å². The Balaban J connectivity index is 1.53. The van der Waals surface area contributed by atoms with Crippen molar-refractivity contribution in [3.63, 3.8) is 0 Å². The second-order valence-corrected chi connectivity index (χ2v) is 8.84. The van der Waals surface area contributed by atoms with Gasteiger partial charge in [-0.3, -0.25) is 9.36 Å². The van der Waals surface area contributed by atoms with Gasteiger partial charge in [-0.05, 0) is 73.5 Å². The molecule has 7 nitrogen and oxygen atoms in total. The minimum atomic E-state index is -0.296. The van der Waals surface area contributed by atoms with Crippen molar-refractivity contribution in [1.29, 1.82) is 0 Å². The Bertz CT molecular complexity index is 1290. The van der Waals surface area contributed by atoms with Crippen molar-refractivity contribution in [2.75, 3.05) is 23.5 Å². The molecule has 35 heavy (non-hydrogen) atoms. The molecule has 4 aromatic rings. The number of aromatic nitrogens is 3. The zero-order valence-corrected chi connectivity index (χ0v) is 20.5. The number of thioether (sulfide) groups is 1. The molecular formula is C26H26FN5O2S. The average molecular weight is 492 g/mol. The smallest absolute Gasteiger partial charge is 0.234 e. The molecule has 0 saturated carbocycles. The van der Waals surface area contributed by atoms with E-state index in [4.69, 9.17) is 4.74 Å². The Morgan fingerprint density at radius 1 is 1.00 bits per heavy atom. The number of aryl methyl sites for hydroxylation is 2. The fraction of sp³-hybridized carbons (Fsp3) is 0.192. The Morgan fingerprint density at radius 2 is 1.69 bits per heavy atom. The fourth-order valence-electron chi connectivity index (χ4n) is 3.57. The molecular weight excluding hydrogens is 465 g/mol. The highest BCUT2D eigenvalue weighted by Crippen LogP contribution is 2.25. The van der Waals surface area contributed by atoms with Gasteiger partial charge in [-0.1, -0.05) is 30.0 Å². The summed E-state index contributed by atoms with van der Waals surface area (Å²) in [6.07, 6.45) is 0. The van der Waals surface area contributed by atoms with Gasteiger partial charge in [0.05, 0.1) is 19.4 Å². The summed E-state index contributed by atoms with van der Waals surface area (Å²) in [7, 11) is 1.61. The van der Waals surface area contributed by atoms with E-state index in [1.54, 1.807) is 19.2 Å². The maximum atomic E-state index is 13.2. The van der Waals surface area contributed by atoms with E-state index >= 15 is 0 Å². The van der Waals surface area contributed by atoms with Crippen LogP contribution in [0.1, 0.15) is 17.0 Å². The number of methoxy groups -OCH3 is 1. The van der Waals surface area contributed by atoms with Crippen LogP contribution in [0.2, 0.25) is 0 Å². The number of nitrogens with zero attached hydrogens (tertiary/aromatic N) is 3. The molecule has 0 spiro atoms. The van der Waals surface area contributed by atoms with E-state index in [2.05, 4.69) is 20.8 Å². The molecule has 3 aromatic carbocycles. The summed E-state index contributed by atoms with van der Waals surface area (Å²) in [5, 5.41) is 15.5. The Labute approximate surface area is 207 Å². The van der Waals surface area contributed by atoms with Crippen molar-refractivity contribution in [2.24, 2.45) is 0 Å². The molecule has 0 fully saturated rings. The summed E-state index contributed by atoms with van der Waals surface area (Å²) in [5.74, 6) is 1.14. The summed E-state index contributed by atoms with van der Waals surface area (Å²) < 4.78 is 20.4. The molecule has 0 aliphatic heterocycles. The quantitative estimate of drug-likeness (QED) is 0.306. The molecule has 0 saturated heterocycles. The molecule has 0 atom stereocenters. The first kappa shape index (κ1) is 24.3. The van der Waals surface area contributed by atoms with Crippen LogP contribution in [0.15, 0.2) is 71.9 Å². The zero-order valence-electron chi connectivity index (χ0n) is 19.7. The first-order chi connectivity index (χ1) is 16.9. The van der Waals surface area contributed by atoms with E-state index in [0.29, 0.717) is 17.5 Å². The number of hydrogen-bond donors (Lipinski definition) is 2. The fourth-order valence-corrected chi connectivity index (χ4v) is 4.34. The number of amides is 1. The number of benzene rings is 3. The van der Waals surface area contributed by atoms with Crippen molar-refractivity contribution in [3.05, 3.63) is 89.5 Å². The van der Waals surface area contributed by atoms with Crippen LogP contribution in [0.25, 0.3) is 5.69 Å². The summed E-state index contributed by atoms with van der Waals surface area (Å²) in [6.45, 7) is 4.30. The van der Waals surface area contributed by atoms with Crippen LogP contribution in [0.4, 0.5) is 15.8 Å². The molecule has 0 radical (unpaired) electrons. The second kappa shape index (κ2) is 11.1. The number of anilines is 2. The molecule has 1 heterocycles. The predicted octanol–water partition coefficient (Wildman–Crippen LogP) is 5.37. The maximum Gasteiger partial charge on any atom is 0.234 e. The zero-order chi connectivity index (χ0) is 24.8. The van der Waals surface area contributed by atoms with Crippen LogP contribution >= 0.6 is 11.8 Å². The van der Waals surface area contributed by atoms with Gasteiger partial charge in [0.1, 0.15) is 11.6 Å². The maximum absolute atomic E-state index is 13.2. The second-order valence-electron chi connectivity index (χ2n) is 7.90. The number of ether oxygens (including phenoxy) is 1. The molecule has 0 bridgehead atoms. The Morgan fingerprint density at radius 3 is 2.34 bits per heavy atom. The number of carbonyl (C=O) groups is 1. The molecule has 0 unspecified atom stereocenters. The summed E-state index contributed by atoms with van der Waals surface area (Å²) in [6, 6.07) is 19.5. The van der Waals surface area contributed by atoms with E-state index in [-0.39, 0.29) is 17.5 Å². The predicted molar refractivity (Wildman–Crippen MR) is 137 cm³/mol. The van der Waals surface area contributed by atoms with Gasteiger partial charge in [-0.25, -0.2) is 4.39 Å². The number of rotatable bonds is 9. The lowest BCUT2D eigenvalue weighted by Crippen LogP contribution is -2.16. The van der Waals surface area contributed by atoms with Crippen LogP contribution in [-0.2, 0) is 11.3 Å². The Hall–Kier alpha value is -3.85. The number of halogens is 1. The molecule has 1 aromatic heterocycles. The van der Waals surface area contributed by atoms with Gasteiger partial charge >= 0.3 is 0 Å². The van der Waals surface area contributed by atoms with E-state index in [1.165, 1.54) is 23.9 Å². The lowest BCUT2D eigenvalue weighted by molar-refractivity contribution is -0.113. The van der Waals surface area contributed by atoms with E-state index in [9.17, 15) is 9.18 Å². The Kier molecular flexibility index (Phi) is 7.67. The minimum Gasteiger partial charge on any atom is -0.497 e. The highest BCUT2D eigenvalue weighted by molar-refractivity contribution is 7.99. The van der Waals surface area contributed by atoms with Crippen LogP contribution < -0.4 is 15.4 Å². The largest absolute Gasteiger partial charge is 0.497 e. The molecule has 0 aliphatic carbocycles. The molecule has 1 amide bonds. The van der Waals surface area contributed by atoms with Crippen LogP contribution in [-0.4, -0.2) is 33.5 Å². The normalized spacial score (nSPS) is 10.7. The molecule has 0 aliphatic rings. The molecule has 4 rings (SSSR count). The summed E-state index contributed by atoms with van der Waals surface area (Å²) >= 11 is 1.30. The average Bonchev–Trinajstić information content (AvgIpc) is 3.27. The van der Waals surface area contributed by atoms with Crippen molar-refractivity contribution < 1.29 is 13.9 Å². The lowest BCUT2D eigenvalue weighted by Gasteiger charge is -2.13. The van der Waals surface area contributed by atoms with Gasteiger partial charge in [-0.15, -0.1) is 10.2 Å². The van der Waals surface area contributed by atoms with Crippen LogP contribution in [0.5, 0.6) is 5.75 Å². The highest BCUT2D eigenvalue weighted by atomic mass is 32.2. The standard InChI is InChI=1S/C26H26FN5O2S/c1-17-5-4-6-18(2)25(17)29-24(33)16-35-26-31-30-23(15-28-20-9-7-19(27)8-10-20)32(26)21-11-13-22(34-3)14-12-21/h4-14,28H,15-16H2,1-3H3,(H,29,33). The van der Waals surface area contributed by atoms with Crippen molar-refractivity contribution in [1.82, 2.24) is 14.8 Å². The van der Waals surface area contributed by atoms with E-state index in [0.717, 1.165) is 33.9 Å². The van der Waals surface area contributed by atoms with E-state index in [1.807, 2.05) is 60.9 Å². The topological polar surface area (TPSA) is 81.1 Å². The number of para-hydroxylation sites is 1. The monoisotopic (exact) mass is 491 g/mol. The first-order valence-corrected chi connectivity index (χ1v) is 12.0. The first-order valence-electron chi connectivity index (χ1n) is 11.0. The van der Waals surface area contributed by atoms with Crippen molar-refractivity contribution in [3.8, 4) is 11.4 Å². The lowest BCUT2D eigenvalue weighted by atomic mass is 10.1. The van der Waals surface area contributed by atoms with Crippen molar-refractivity contribution in [2.45, 2.75) is 25.5 Å². The number of carbonyl (C=O) groups excluding carboxylic acids is 1. The summed E-state index contributed by atoms with van der Waals surface area (Å²) in [5.41, 5.74) is 4.46. The third-order valence-electron chi connectivity index (χ3n) is 5.40. The van der Waals surface area contributed by atoms with Gasteiger partial charge < -0.3 is 15.4 Å². The van der Waals surface area contributed by atoms with Gasteiger partial charge in [0.25, 0.3) is 0 Å². The van der Waals surface area contributed by atoms with Gasteiger partial charge in [-0.2, -0.15) is 0 Å². The minimum absolute atomic E-state index is 0.123. The number of hydrogen-bond acceptors (Lipinski definition) is 6. The molecule has 2 N–H and O–H groups in total. The highest BCUT2D eigenvalue weighted by Gasteiger charge is 2.17. The summed E-state index contributed by atoms with van der Waals surface area (Å²) in [4.78, 5) is 12.7. The molecule has 180 valence electrons. The van der Waals surface area contributed by atoms with Crippen molar-refractivity contribution >= 4 is 29.0 Å². The SMILES string of the molecule is COc1ccc(-n2c(CNc3ccc(F)cc3)nnc2SCC(=O)Nc2c(C)cccc2C)cc1. The third-order valence-corrected chi connectivity index (χ3v) is 6.33.